The lowest BCUT2D eigenvalue weighted by atomic mass is 9.96. The van der Waals surface area contributed by atoms with E-state index in [1.54, 1.807) is 24.3 Å². The molecular weight excluding hydrogens is 398 g/mol. The van der Waals surface area contributed by atoms with Crippen LogP contribution in [-0.2, 0) is 20.9 Å². The maximum absolute atomic E-state index is 12.3. The average Bonchev–Trinajstić information content (AvgIpc) is 3.15. The Morgan fingerprint density at radius 3 is 2.39 bits per heavy atom. The number of amides is 1. The third-order valence-corrected chi connectivity index (χ3v) is 4.87. The molecule has 0 saturated carbocycles. The first-order chi connectivity index (χ1) is 15.0. The third-order valence-electron chi connectivity index (χ3n) is 4.87. The summed E-state index contributed by atoms with van der Waals surface area (Å²) in [7, 11) is 0. The van der Waals surface area contributed by atoms with Gasteiger partial charge >= 0.3 is 11.7 Å². The van der Waals surface area contributed by atoms with E-state index in [-0.39, 0.29) is 11.8 Å². The second-order valence-electron chi connectivity index (χ2n) is 7.09. The van der Waals surface area contributed by atoms with Gasteiger partial charge in [0.15, 0.2) is 6.10 Å². The van der Waals surface area contributed by atoms with Crippen LogP contribution in [0, 0.1) is 0 Å². The van der Waals surface area contributed by atoms with Crippen molar-refractivity contribution in [2.45, 2.75) is 38.8 Å². The van der Waals surface area contributed by atoms with Crippen molar-refractivity contribution >= 4 is 11.9 Å². The smallest absolute Gasteiger partial charge is 0.437 e. The summed E-state index contributed by atoms with van der Waals surface area (Å²) in [6, 6.07) is 18.8. The maximum Gasteiger partial charge on any atom is 0.437 e. The molecule has 1 aromatic heterocycles. The van der Waals surface area contributed by atoms with Crippen LogP contribution in [0.2, 0.25) is 0 Å². The van der Waals surface area contributed by atoms with Crippen LogP contribution in [0.15, 0.2) is 69.9 Å². The molecule has 0 saturated heterocycles. The highest BCUT2D eigenvalue weighted by atomic mass is 16.5. The Morgan fingerprint density at radius 1 is 1.10 bits per heavy atom. The molecule has 0 bridgehead atoms. The molecule has 31 heavy (non-hydrogen) atoms. The quantitative estimate of drug-likeness (QED) is 0.531. The highest BCUT2D eigenvalue weighted by molar-refractivity contribution is 5.83. The number of carbonyl (C=O) groups excluding carboxylic acids is 2. The fraction of sp³-hybridized carbons (Fsp3) is 0.304. The molecule has 0 fully saturated rings. The van der Waals surface area contributed by atoms with Gasteiger partial charge in [0.05, 0.1) is 0 Å². The molecule has 2 atom stereocenters. The molecule has 3 rings (SSSR count). The summed E-state index contributed by atoms with van der Waals surface area (Å²) >= 11 is 0. The van der Waals surface area contributed by atoms with Crippen LogP contribution < -0.4 is 11.1 Å². The summed E-state index contributed by atoms with van der Waals surface area (Å²) in [6.45, 7) is 3.52. The maximum atomic E-state index is 12.3. The lowest BCUT2D eigenvalue weighted by molar-refractivity contribution is -0.155. The van der Waals surface area contributed by atoms with E-state index in [2.05, 4.69) is 10.4 Å². The van der Waals surface area contributed by atoms with Crippen LogP contribution in [0.5, 0.6) is 0 Å². The average molecular weight is 423 g/mol. The fourth-order valence-electron chi connectivity index (χ4n) is 3.10. The van der Waals surface area contributed by atoms with Gasteiger partial charge in [-0.25, -0.2) is 4.79 Å². The van der Waals surface area contributed by atoms with E-state index >= 15 is 0 Å². The number of benzene rings is 2. The van der Waals surface area contributed by atoms with Crippen molar-refractivity contribution in [3.8, 4) is 11.5 Å². The largest absolute Gasteiger partial charge is 0.451 e. The first-order valence-corrected chi connectivity index (χ1v) is 10.1. The lowest BCUT2D eigenvalue weighted by Crippen LogP contribution is -2.38. The number of nitrogens with zero attached hydrogens (tertiary/aromatic N) is 2. The molecule has 3 aromatic rings. The Kier molecular flexibility index (Phi) is 7.37. The molecule has 0 aliphatic heterocycles. The standard InChI is InChI=1S/C23H25N3O5/c1-3-17(18-10-6-4-7-11-18)14-24-21(28)16(2)30-20(27)15-26-23(29)31-22(25-26)19-12-8-5-9-13-19/h4-13,16-17H,3,14-15H2,1-2H3,(H,24,28)/t16-,17+/m1/s1. The van der Waals surface area contributed by atoms with Crippen LogP contribution in [0.3, 0.4) is 0 Å². The van der Waals surface area contributed by atoms with E-state index in [0.717, 1.165) is 16.7 Å². The van der Waals surface area contributed by atoms with Gasteiger partial charge in [0, 0.05) is 18.0 Å². The fourth-order valence-corrected chi connectivity index (χ4v) is 3.10. The molecule has 0 aliphatic rings. The van der Waals surface area contributed by atoms with Gasteiger partial charge in [-0.2, -0.15) is 4.68 Å². The second-order valence-corrected chi connectivity index (χ2v) is 7.09. The molecular formula is C23H25N3O5. The molecule has 162 valence electrons. The molecule has 8 nitrogen and oxygen atoms in total. The lowest BCUT2D eigenvalue weighted by Gasteiger charge is -2.18. The zero-order chi connectivity index (χ0) is 22.2. The summed E-state index contributed by atoms with van der Waals surface area (Å²) in [6.07, 6.45) is -0.144. The highest BCUT2D eigenvalue weighted by Crippen LogP contribution is 2.18. The minimum atomic E-state index is -1.00. The molecule has 0 spiro atoms. The van der Waals surface area contributed by atoms with Crippen LogP contribution in [0.25, 0.3) is 11.5 Å². The summed E-state index contributed by atoms with van der Waals surface area (Å²) in [5.74, 6) is -1.66. The predicted molar refractivity (Wildman–Crippen MR) is 114 cm³/mol. The van der Waals surface area contributed by atoms with E-state index in [1.165, 1.54) is 6.92 Å². The van der Waals surface area contributed by atoms with Gasteiger partial charge in [-0.3, -0.25) is 9.59 Å². The topological polar surface area (TPSA) is 103 Å². The molecule has 1 heterocycles. The number of carbonyl (C=O) groups is 2. The van der Waals surface area contributed by atoms with Crippen molar-refractivity contribution < 1.29 is 18.7 Å². The van der Waals surface area contributed by atoms with Gasteiger partial charge in [0.2, 0.25) is 5.89 Å². The number of ether oxygens (including phenoxy) is 1. The molecule has 1 amide bonds. The van der Waals surface area contributed by atoms with Gasteiger partial charge in [0.1, 0.15) is 6.54 Å². The van der Waals surface area contributed by atoms with E-state index in [0.29, 0.717) is 12.1 Å². The minimum Gasteiger partial charge on any atom is -0.451 e. The van der Waals surface area contributed by atoms with Crippen molar-refractivity contribution in [2.24, 2.45) is 0 Å². The first kappa shape index (κ1) is 22.0. The minimum absolute atomic E-state index is 0.107. The van der Waals surface area contributed by atoms with Gasteiger partial charge in [-0.15, -0.1) is 5.10 Å². The van der Waals surface area contributed by atoms with Gasteiger partial charge in [0.25, 0.3) is 5.91 Å². The van der Waals surface area contributed by atoms with Crippen molar-refractivity contribution in [3.05, 3.63) is 76.8 Å². The van der Waals surface area contributed by atoms with Crippen LogP contribution >= 0.6 is 0 Å². The van der Waals surface area contributed by atoms with Crippen LogP contribution in [0.1, 0.15) is 31.7 Å². The number of hydrogen-bond acceptors (Lipinski definition) is 6. The molecule has 0 aliphatic carbocycles. The Morgan fingerprint density at radius 2 is 1.74 bits per heavy atom. The first-order valence-electron chi connectivity index (χ1n) is 10.1. The Labute approximate surface area is 179 Å². The zero-order valence-electron chi connectivity index (χ0n) is 17.5. The van der Waals surface area contributed by atoms with Crippen molar-refractivity contribution in [2.75, 3.05) is 6.54 Å². The van der Waals surface area contributed by atoms with Crippen molar-refractivity contribution in [3.63, 3.8) is 0 Å². The van der Waals surface area contributed by atoms with Crippen LogP contribution in [0.4, 0.5) is 0 Å². The summed E-state index contributed by atoms with van der Waals surface area (Å²) < 4.78 is 11.1. The Bertz CT molecular complexity index is 1060. The van der Waals surface area contributed by atoms with Gasteiger partial charge in [-0.1, -0.05) is 55.5 Å². The van der Waals surface area contributed by atoms with E-state index in [9.17, 15) is 14.4 Å². The van der Waals surface area contributed by atoms with Gasteiger partial charge < -0.3 is 14.5 Å². The molecule has 0 unspecified atom stereocenters. The molecule has 8 heteroatoms. The summed E-state index contributed by atoms with van der Waals surface area (Å²) in [4.78, 5) is 36.5. The summed E-state index contributed by atoms with van der Waals surface area (Å²) in [5, 5.41) is 6.83. The predicted octanol–water partition coefficient (Wildman–Crippen LogP) is 2.75. The molecule has 2 aromatic carbocycles. The molecule has 0 radical (unpaired) electrons. The summed E-state index contributed by atoms with van der Waals surface area (Å²) in [5.41, 5.74) is 1.75. The normalized spacial score (nSPS) is 12.7. The number of nitrogens with one attached hydrogen (secondary N) is 1. The van der Waals surface area contributed by atoms with E-state index in [1.807, 2.05) is 43.3 Å². The van der Waals surface area contributed by atoms with E-state index in [4.69, 9.17) is 9.15 Å². The number of esters is 1. The zero-order valence-corrected chi connectivity index (χ0v) is 17.5. The highest BCUT2D eigenvalue weighted by Gasteiger charge is 2.21. The third kappa shape index (κ3) is 5.91. The monoisotopic (exact) mass is 423 g/mol. The number of rotatable bonds is 9. The Hall–Kier alpha value is -3.68. The number of hydrogen-bond donors (Lipinski definition) is 1. The molecule has 1 N–H and O–H groups in total. The van der Waals surface area contributed by atoms with Crippen LogP contribution in [-0.4, -0.2) is 34.3 Å². The second kappa shape index (κ2) is 10.4. The van der Waals surface area contributed by atoms with Crippen molar-refractivity contribution in [1.82, 2.24) is 15.1 Å². The Balaban J connectivity index is 1.53. The number of aromatic nitrogens is 2. The van der Waals surface area contributed by atoms with E-state index < -0.39 is 30.3 Å². The van der Waals surface area contributed by atoms with Crippen molar-refractivity contribution in [1.29, 1.82) is 0 Å². The SMILES string of the molecule is CC[C@@H](CNC(=O)[C@@H](C)OC(=O)Cn1nc(-c2ccccc2)oc1=O)c1ccccc1. The van der Waals surface area contributed by atoms with Gasteiger partial charge in [-0.05, 0) is 31.0 Å².